The second kappa shape index (κ2) is 5.58. The smallest absolute Gasteiger partial charge is 0.254 e. The number of rotatable bonds is 3. The molecule has 1 aliphatic rings. The topological polar surface area (TPSA) is 58.6 Å². The Morgan fingerprint density at radius 2 is 2.30 bits per heavy atom. The number of aromatic amines is 1. The molecule has 0 saturated carbocycles. The Balaban J connectivity index is 1.81. The van der Waals surface area contributed by atoms with Gasteiger partial charge < -0.3 is 4.98 Å². The Kier molecular flexibility index (Phi) is 3.81. The van der Waals surface area contributed by atoms with Crippen molar-refractivity contribution in [3.63, 3.8) is 0 Å². The third kappa shape index (κ3) is 2.74. The van der Waals surface area contributed by atoms with Crippen LogP contribution in [-0.4, -0.2) is 15.0 Å². The van der Waals surface area contributed by atoms with Crippen molar-refractivity contribution in [2.75, 3.05) is 0 Å². The first-order valence-corrected chi connectivity index (χ1v) is 7.86. The predicted molar refractivity (Wildman–Crippen MR) is 80.4 cm³/mol. The number of hydrogen-bond acceptors (Lipinski definition) is 4. The van der Waals surface area contributed by atoms with Crippen LogP contribution >= 0.6 is 23.4 Å². The van der Waals surface area contributed by atoms with Crippen molar-refractivity contribution >= 4 is 23.4 Å². The monoisotopic (exact) mass is 307 g/mol. The molecular formula is C14H14ClN3OS. The van der Waals surface area contributed by atoms with E-state index in [1.807, 2.05) is 13.0 Å². The van der Waals surface area contributed by atoms with Gasteiger partial charge in [0, 0.05) is 23.2 Å². The molecule has 104 valence electrons. The normalized spacial score (nSPS) is 13.5. The van der Waals surface area contributed by atoms with Gasteiger partial charge in [0.2, 0.25) is 0 Å². The van der Waals surface area contributed by atoms with Crippen LogP contribution in [0.2, 0.25) is 5.02 Å². The number of nitrogens with zero attached hydrogens (tertiary/aromatic N) is 2. The summed E-state index contributed by atoms with van der Waals surface area (Å²) in [5.41, 5.74) is 3.83. The lowest BCUT2D eigenvalue weighted by molar-refractivity contribution is 0.869. The molecule has 0 atom stereocenters. The van der Waals surface area contributed by atoms with Gasteiger partial charge in [0.25, 0.3) is 5.56 Å². The summed E-state index contributed by atoms with van der Waals surface area (Å²) < 4.78 is 0. The van der Waals surface area contributed by atoms with Gasteiger partial charge in [-0.2, -0.15) is 0 Å². The first-order chi connectivity index (χ1) is 9.63. The van der Waals surface area contributed by atoms with E-state index in [1.54, 1.807) is 6.20 Å². The zero-order valence-corrected chi connectivity index (χ0v) is 12.6. The average molecular weight is 308 g/mol. The molecule has 0 bridgehead atoms. The zero-order valence-electron chi connectivity index (χ0n) is 11.1. The van der Waals surface area contributed by atoms with Gasteiger partial charge in [0.1, 0.15) is 0 Å². The summed E-state index contributed by atoms with van der Waals surface area (Å²) in [7, 11) is 0. The number of thioether (sulfide) groups is 1. The third-order valence-electron chi connectivity index (χ3n) is 3.44. The first kappa shape index (κ1) is 13.6. The number of aryl methyl sites for hydroxylation is 2. The van der Waals surface area contributed by atoms with Gasteiger partial charge in [0.15, 0.2) is 5.16 Å². The van der Waals surface area contributed by atoms with E-state index in [-0.39, 0.29) is 5.56 Å². The number of nitrogens with one attached hydrogen (secondary N) is 1. The molecular weight excluding hydrogens is 294 g/mol. The maximum Gasteiger partial charge on any atom is 0.254 e. The zero-order chi connectivity index (χ0) is 14.1. The van der Waals surface area contributed by atoms with E-state index in [0.29, 0.717) is 15.9 Å². The fraction of sp³-hybridized carbons (Fsp3) is 0.357. The Morgan fingerprint density at radius 1 is 1.45 bits per heavy atom. The fourth-order valence-electron chi connectivity index (χ4n) is 2.33. The summed E-state index contributed by atoms with van der Waals surface area (Å²) in [6.45, 7) is 1.95. The summed E-state index contributed by atoms with van der Waals surface area (Å²) >= 11 is 7.47. The third-order valence-corrected chi connectivity index (χ3v) is 4.57. The van der Waals surface area contributed by atoms with E-state index < -0.39 is 0 Å². The molecule has 0 aromatic carbocycles. The highest BCUT2D eigenvalue weighted by Crippen LogP contribution is 2.24. The van der Waals surface area contributed by atoms with Crippen molar-refractivity contribution in [1.82, 2.24) is 15.0 Å². The molecule has 2 heterocycles. The highest BCUT2D eigenvalue weighted by molar-refractivity contribution is 7.98. The standard InChI is InChI=1S/C14H14ClN3OS/c1-8-9(5-10(15)6-16-8)7-20-14-17-12-4-2-3-11(12)13(19)18-14/h5-6H,2-4,7H2,1H3,(H,17,18,19). The number of H-pyrrole nitrogens is 1. The number of halogens is 1. The second-order valence-electron chi connectivity index (χ2n) is 4.84. The quantitative estimate of drug-likeness (QED) is 0.699. The summed E-state index contributed by atoms with van der Waals surface area (Å²) in [6.07, 6.45) is 4.42. The largest absolute Gasteiger partial charge is 0.301 e. The lowest BCUT2D eigenvalue weighted by Gasteiger charge is -2.06. The van der Waals surface area contributed by atoms with Crippen LogP contribution in [0.15, 0.2) is 22.2 Å². The van der Waals surface area contributed by atoms with Crippen LogP contribution in [0, 0.1) is 6.92 Å². The van der Waals surface area contributed by atoms with Crippen LogP contribution in [0.3, 0.4) is 0 Å². The summed E-state index contributed by atoms with van der Waals surface area (Å²) in [5.74, 6) is 0.696. The molecule has 0 spiro atoms. The molecule has 1 aliphatic carbocycles. The second-order valence-corrected chi connectivity index (χ2v) is 6.24. The van der Waals surface area contributed by atoms with E-state index >= 15 is 0 Å². The lowest BCUT2D eigenvalue weighted by Crippen LogP contribution is -2.14. The van der Waals surface area contributed by atoms with E-state index in [9.17, 15) is 4.79 Å². The molecule has 2 aromatic heterocycles. The minimum Gasteiger partial charge on any atom is -0.301 e. The van der Waals surface area contributed by atoms with Gasteiger partial charge in [-0.15, -0.1) is 0 Å². The molecule has 0 aliphatic heterocycles. The van der Waals surface area contributed by atoms with Crippen molar-refractivity contribution < 1.29 is 0 Å². The predicted octanol–water partition coefficient (Wildman–Crippen LogP) is 2.91. The van der Waals surface area contributed by atoms with Crippen molar-refractivity contribution in [3.05, 3.63) is 50.2 Å². The van der Waals surface area contributed by atoms with E-state index in [0.717, 1.165) is 41.8 Å². The van der Waals surface area contributed by atoms with Gasteiger partial charge >= 0.3 is 0 Å². The van der Waals surface area contributed by atoms with E-state index in [1.165, 1.54) is 11.8 Å². The Hall–Kier alpha value is -1.33. The number of pyridine rings is 1. The molecule has 0 fully saturated rings. The number of fused-ring (bicyclic) bond motifs is 1. The van der Waals surface area contributed by atoms with Crippen molar-refractivity contribution in [3.8, 4) is 0 Å². The maximum absolute atomic E-state index is 11.9. The summed E-state index contributed by atoms with van der Waals surface area (Å²) in [4.78, 5) is 23.5. The molecule has 0 amide bonds. The molecule has 0 radical (unpaired) electrons. The van der Waals surface area contributed by atoms with Crippen LogP contribution in [0.1, 0.15) is 28.9 Å². The number of hydrogen-bond donors (Lipinski definition) is 1. The van der Waals surface area contributed by atoms with Gasteiger partial charge in [-0.3, -0.25) is 9.78 Å². The Labute approximate surface area is 126 Å². The van der Waals surface area contributed by atoms with Gasteiger partial charge in [-0.25, -0.2) is 4.98 Å². The molecule has 0 unspecified atom stereocenters. The molecule has 1 N–H and O–H groups in total. The molecule has 6 heteroatoms. The highest BCUT2D eigenvalue weighted by Gasteiger charge is 2.17. The van der Waals surface area contributed by atoms with Crippen LogP contribution in [-0.2, 0) is 18.6 Å². The van der Waals surface area contributed by atoms with Crippen molar-refractivity contribution in [2.24, 2.45) is 0 Å². The molecule has 4 nitrogen and oxygen atoms in total. The summed E-state index contributed by atoms with van der Waals surface area (Å²) in [5, 5.41) is 1.30. The minimum atomic E-state index is 0.0101. The minimum absolute atomic E-state index is 0.0101. The van der Waals surface area contributed by atoms with Crippen molar-refractivity contribution in [1.29, 1.82) is 0 Å². The van der Waals surface area contributed by atoms with Crippen molar-refractivity contribution in [2.45, 2.75) is 37.1 Å². The van der Waals surface area contributed by atoms with Gasteiger partial charge in [0.05, 0.1) is 10.7 Å². The molecule has 3 rings (SSSR count). The van der Waals surface area contributed by atoms with Crippen LogP contribution in [0.5, 0.6) is 0 Å². The molecule has 20 heavy (non-hydrogen) atoms. The maximum atomic E-state index is 11.9. The van der Waals surface area contributed by atoms with Gasteiger partial charge in [-0.1, -0.05) is 23.4 Å². The summed E-state index contributed by atoms with van der Waals surface area (Å²) in [6, 6.07) is 1.91. The average Bonchev–Trinajstić information content (AvgIpc) is 2.89. The fourth-order valence-corrected chi connectivity index (χ4v) is 3.43. The number of aromatic nitrogens is 3. The van der Waals surface area contributed by atoms with Crippen LogP contribution in [0.4, 0.5) is 0 Å². The lowest BCUT2D eigenvalue weighted by atomic mass is 10.2. The van der Waals surface area contributed by atoms with E-state index in [2.05, 4.69) is 15.0 Å². The SMILES string of the molecule is Cc1ncc(Cl)cc1CSc1nc2c(c(=O)[nH]1)CCC2. The van der Waals surface area contributed by atoms with Crippen LogP contribution in [0.25, 0.3) is 0 Å². The Bertz CT molecular complexity index is 714. The van der Waals surface area contributed by atoms with E-state index in [4.69, 9.17) is 11.6 Å². The molecule has 0 saturated heterocycles. The molecule has 2 aromatic rings. The Morgan fingerprint density at radius 3 is 3.15 bits per heavy atom. The first-order valence-electron chi connectivity index (χ1n) is 6.49. The highest BCUT2D eigenvalue weighted by atomic mass is 35.5. The van der Waals surface area contributed by atoms with Gasteiger partial charge in [-0.05, 0) is 37.8 Å². The van der Waals surface area contributed by atoms with Crippen LogP contribution < -0.4 is 5.56 Å².